The van der Waals surface area contributed by atoms with Gasteiger partial charge in [0.1, 0.15) is 12.6 Å². The smallest absolute Gasteiger partial charge is 0.264 e. The fraction of sp³-hybridized carbons (Fsp3) is 0.333. The molecule has 0 bridgehead atoms. The van der Waals surface area contributed by atoms with E-state index >= 15 is 0 Å². The van der Waals surface area contributed by atoms with E-state index in [0.717, 1.165) is 15.4 Å². The maximum Gasteiger partial charge on any atom is 0.264 e. The van der Waals surface area contributed by atoms with Gasteiger partial charge in [0.2, 0.25) is 11.8 Å². The molecule has 3 rings (SSSR count). The highest BCUT2D eigenvalue weighted by molar-refractivity contribution is 7.92. The second-order valence-electron chi connectivity index (χ2n) is 10.0. The van der Waals surface area contributed by atoms with Crippen molar-refractivity contribution < 1.29 is 18.0 Å². The molecule has 0 aliphatic carbocycles. The van der Waals surface area contributed by atoms with Gasteiger partial charge in [-0.25, -0.2) is 8.42 Å². The third-order valence-corrected chi connectivity index (χ3v) is 8.60. The van der Waals surface area contributed by atoms with Gasteiger partial charge in [-0.05, 0) is 78.9 Å². The van der Waals surface area contributed by atoms with Crippen LogP contribution in [0.3, 0.4) is 0 Å². The van der Waals surface area contributed by atoms with Crippen molar-refractivity contribution in [2.24, 2.45) is 5.92 Å². The molecule has 0 aromatic heterocycles. The summed E-state index contributed by atoms with van der Waals surface area (Å²) in [5.74, 6) is -0.579. The molecule has 7 nitrogen and oxygen atoms in total. The summed E-state index contributed by atoms with van der Waals surface area (Å²) in [6, 6.07) is 18.9. The van der Waals surface area contributed by atoms with Gasteiger partial charge in [0.05, 0.1) is 10.6 Å². The van der Waals surface area contributed by atoms with Crippen LogP contribution >= 0.6 is 23.2 Å². The Morgan fingerprint density at radius 1 is 0.925 bits per heavy atom. The number of carbonyl (C=O) groups is 2. The average molecular weight is 605 g/mol. The Morgan fingerprint density at radius 3 is 2.08 bits per heavy atom. The third kappa shape index (κ3) is 8.22. The van der Waals surface area contributed by atoms with Crippen LogP contribution in [0.4, 0.5) is 5.69 Å². The molecule has 0 aliphatic heterocycles. The molecule has 40 heavy (non-hydrogen) atoms. The van der Waals surface area contributed by atoms with Gasteiger partial charge in [-0.15, -0.1) is 0 Å². The molecule has 0 heterocycles. The molecular formula is C30H35Cl2N3O4S. The summed E-state index contributed by atoms with van der Waals surface area (Å²) in [6.07, 6.45) is 0.345. The molecule has 0 spiro atoms. The fourth-order valence-corrected chi connectivity index (χ4v) is 5.83. The Labute approximate surface area is 247 Å². The molecule has 0 saturated heterocycles. The minimum Gasteiger partial charge on any atom is -0.354 e. The van der Waals surface area contributed by atoms with Gasteiger partial charge >= 0.3 is 0 Å². The van der Waals surface area contributed by atoms with E-state index in [1.54, 1.807) is 42.5 Å². The number of rotatable bonds is 12. The van der Waals surface area contributed by atoms with E-state index in [0.29, 0.717) is 28.7 Å². The van der Waals surface area contributed by atoms with E-state index in [1.807, 2.05) is 33.8 Å². The zero-order valence-electron chi connectivity index (χ0n) is 23.1. The Morgan fingerprint density at radius 2 is 1.52 bits per heavy atom. The topological polar surface area (TPSA) is 86.8 Å². The van der Waals surface area contributed by atoms with Gasteiger partial charge in [0.15, 0.2) is 0 Å². The molecule has 0 radical (unpaired) electrons. The maximum absolute atomic E-state index is 14.1. The third-order valence-electron chi connectivity index (χ3n) is 6.31. The molecule has 3 aromatic rings. The van der Waals surface area contributed by atoms with E-state index in [9.17, 15) is 18.0 Å². The minimum atomic E-state index is -4.16. The quantitative estimate of drug-likeness (QED) is 0.272. The van der Waals surface area contributed by atoms with Crippen molar-refractivity contribution in [2.75, 3.05) is 17.4 Å². The molecule has 1 N–H and O–H groups in total. The number of benzene rings is 3. The fourth-order valence-electron chi connectivity index (χ4n) is 4.17. The number of anilines is 1. The van der Waals surface area contributed by atoms with Crippen LogP contribution in [0.2, 0.25) is 10.0 Å². The SMILES string of the molecule is CCC(C(=O)NCC(C)C)N(Cc1ccc(Cl)cc1)C(=O)CN(c1cccc(C)c1)S(=O)(=O)c1ccc(Cl)cc1. The highest BCUT2D eigenvalue weighted by Crippen LogP contribution is 2.26. The van der Waals surface area contributed by atoms with Crippen molar-refractivity contribution in [1.29, 1.82) is 0 Å². The number of amides is 2. The molecule has 1 unspecified atom stereocenters. The first-order valence-corrected chi connectivity index (χ1v) is 15.3. The standard InChI is InChI=1S/C30H35Cl2N3O4S/c1-5-28(30(37)33-18-21(2)3)34(19-23-9-11-24(31)12-10-23)29(36)20-35(26-8-6-7-22(4)17-26)40(38,39)27-15-13-25(32)14-16-27/h6-17,21,28H,5,18-20H2,1-4H3,(H,33,37). The monoisotopic (exact) mass is 603 g/mol. The first-order valence-electron chi connectivity index (χ1n) is 13.1. The summed E-state index contributed by atoms with van der Waals surface area (Å²) < 4.78 is 28.8. The van der Waals surface area contributed by atoms with Gasteiger partial charge in [0, 0.05) is 23.1 Å². The second kappa shape index (κ2) is 14.0. The Kier molecular flexibility index (Phi) is 11.0. The van der Waals surface area contributed by atoms with Gasteiger partial charge in [-0.3, -0.25) is 13.9 Å². The van der Waals surface area contributed by atoms with Crippen molar-refractivity contribution in [3.63, 3.8) is 0 Å². The number of hydrogen-bond donors (Lipinski definition) is 1. The predicted octanol–water partition coefficient (Wildman–Crippen LogP) is 6.08. The first-order chi connectivity index (χ1) is 18.9. The van der Waals surface area contributed by atoms with Crippen LogP contribution in [0.25, 0.3) is 0 Å². The Balaban J connectivity index is 2.04. The van der Waals surface area contributed by atoms with Crippen molar-refractivity contribution in [1.82, 2.24) is 10.2 Å². The highest BCUT2D eigenvalue weighted by atomic mass is 35.5. The largest absolute Gasteiger partial charge is 0.354 e. The van der Waals surface area contributed by atoms with Crippen LogP contribution in [0, 0.1) is 12.8 Å². The second-order valence-corrected chi connectivity index (χ2v) is 12.8. The van der Waals surface area contributed by atoms with Gasteiger partial charge in [0.25, 0.3) is 10.0 Å². The van der Waals surface area contributed by atoms with Crippen LogP contribution in [-0.4, -0.2) is 44.3 Å². The van der Waals surface area contributed by atoms with Crippen LogP contribution in [0.1, 0.15) is 38.3 Å². The predicted molar refractivity (Wildman–Crippen MR) is 161 cm³/mol. The number of halogens is 2. The number of carbonyl (C=O) groups excluding carboxylic acids is 2. The lowest BCUT2D eigenvalue weighted by molar-refractivity contribution is -0.140. The van der Waals surface area contributed by atoms with E-state index in [-0.39, 0.29) is 23.3 Å². The molecule has 0 aliphatic rings. The number of nitrogens with zero attached hydrogens (tertiary/aromatic N) is 2. The summed E-state index contributed by atoms with van der Waals surface area (Å²) in [6.45, 7) is 7.70. The van der Waals surface area contributed by atoms with Gasteiger partial charge in [-0.1, -0.05) is 68.2 Å². The number of sulfonamides is 1. The van der Waals surface area contributed by atoms with Crippen LogP contribution in [0.5, 0.6) is 0 Å². The Hall–Kier alpha value is -3.07. The lowest BCUT2D eigenvalue weighted by Gasteiger charge is -2.33. The lowest BCUT2D eigenvalue weighted by Crippen LogP contribution is -2.52. The molecule has 214 valence electrons. The van der Waals surface area contributed by atoms with Crippen molar-refractivity contribution in [2.45, 2.75) is 51.6 Å². The number of nitrogens with one attached hydrogen (secondary N) is 1. The van der Waals surface area contributed by atoms with Crippen LogP contribution < -0.4 is 9.62 Å². The molecule has 10 heteroatoms. The molecule has 2 amide bonds. The van der Waals surface area contributed by atoms with E-state index < -0.39 is 28.5 Å². The van der Waals surface area contributed by atoms with E-state index in [4.69, 9.17) is 23.2 Å². The number of aryl methyl sites for hydroxylation is 1. The van der Waals surface area contributed by atoms with Crippen molar-refractivity contribution >= 4 is 50.7 Å². The van der Waals surface area contributed by atoms with E-state index in [1.165, 1.54) is 29.2 Å². The molecule has 0 saturated carbocycles. The maximum atomic E-state index is 14.1. The summed E-state index contributed by atoms with van der Waals surface area (Å²) in [7, 11) is -4.16. The normalized spacial score (nSPS) is 12.2. The summed E-state index contributed by atoms with van der Waals surface area (Å²) in [4.78, 5) is 28.7. The van der Waals surface area contributed by atoms with E-state index in [2.05, 4.69) is 5.32 Å². The molecule has 1 atom stereocenters. The molecule has 3 aromatic carbocycles. The zero-order chi connectivity index (χ0) is 29.4. The van der Waals surface area contributed by atoms with Gasteiger partial charge < -0.3 is 10.2 Å². The summed E-state index contributed by atoms with van der Waals surface area (Å²) in [5, 5.41) is 3.86. The average Bonchev–Trinajstić information content (AvgIpc) is 2.91. The van der Waals surface area contributed by atoms with Crippen LogP contribution in [0.15, 0.2) is 77.7 Å². The summed E-state index contributed by atoms with van der Waals surface area (Å²) >= 11 is 12.1. The van der Waals surface area contributed by atoms with Crippen molar-refractivity contribution in [3.05, 3.63) is 94.0 Å². The molecule has 0 fully saturated rings. The minimum absolute atomic E-state index is 0.00262. The number of hydrogen-bond acceptors (Lipinski definition) is 4. The highest BCUT2D eigenvalue weighted by Gasteiger charge is 2.33. The summed E-state index contributed by atoms with van der Waals surface area (Å²) in [5.41, 5.74) is 1.93. The Bertz CT molecular complexity index is 1410. The lowest BCUT2D eigenvalue weighted by atomic mass is 10.1. The van der Waals surface area contributed by atoms with Crippen molar-refractivity contribution in [3.8, 4) is 0 Å². The zero-order valence-corrected chi connectivity index (χ0v) is 25.4. The molecular weight excluding hydrogens is 569 g/mol. The van der Waals surface area contributed by atoms with Gasteiger partial charge in [-0.2, -0.15) is 0 Å². The van der Waals surface area contributed by atoms with Crippen LogP contribution in [-0.2, 0) is 26.2 Å². The first kappa shape index (κ1) is 31.5.